The molecule has 0 atom stereocenters. The van der Waals surface area contributed by atoms with E-state index >= 15 is 0 Å². The van der Waals surface area contributed by atoms with Crippen LogP contribution in [0.15, 0.2) is 0 Å². The number of hydrogen-bond donors (Lipinski definition) is 0. The minimum absolute atomic E-state index is 0. The van der Waals surface area contributed by atoms with Crippen molar-refractivity contribution >= 4 is 29.2 Å². The van der Waals surface area contributed by atoms with Crippen LogP contribution in [0.25, 0.3) is 0 Å². The molecule has 56 valence electrons. The molecule has 0 aromatic heterocycles. The molecule has 1 heterocycles. The van der Waals surface area contributed by atoms with Crippen LogP contribution in [0.1, 0.15) is 12.8 Å². The van der Waals surface area contributed by atoms with Gasteiger partial charge >= 0.3 is 17.1 Å². The van der Waals surface area contributed by atoms with E-state index in [2.05, 4.69) is 4.90 Å². The van der Waals surface area contributed by atoms with Crippen LogP contribution in [0, 0.1) is 0 Å². The van der Waals surface area contributed by atoms with Crippen molar-refractivity contribution in [2.45, 2.75) is 12.8 Å². The Morgan fingerprint density at radius 3 is 2.00 bits per heavy atom. The van der Waals surface area contributed by atoms with Crippen molar-refractivity contribution in [3.05, 3.63) is 0 Å². The van der Waals surface area contributed by atoms with Crippen molar-refractivity contribution in [2.75, 3.05) is 13.1 Å². The summed E-state index contributed by atoms with van der Waals surface area (Å²) in [5, 5.41) is 0. The summed E-state index contributed by atoms with van der Waals surface area (Å²) in [6.45, 7) is 2.17. The Morgan fingerprint density at radius 1 is 1.33 bits per heavy atom. The fourth-order valence-corrected chi connectivity index (χ4v) is 1.26. The first-order chi connectivity index (χ1) is 3.80. The summed E-state index contributed by atoms with van der Waals surface area (Å²) in [4.78, 5) is 2.07. The maximum Gasteiger partial charge on any atom is 1.00 e. The molecule has 1 fully saturated rings. The zero-order chi connectivity index (χ0) is 5.98. The van der Waals surface area contributed by atoms with E-state index in [-0.39, 0.29) is 17.1 Å². The monoisotopic (exact) mass is 209 g/mol. The van der Waals surface area contributed by atoms with Crippen LogP contribution in [0.5, 0.6) is 0 Å². The van der Waals surface area contributed by atoms with E-state index in [1.807, 2.05) is 0 Å². The zero-order valence-corrected chi connectivity index (χ0v) is 7.47. The van der Waals surface area contributed by atoms with Crippen LogP contribution in [0.4, 0.5) is 0 Å². The molecule has 0 saturated carbocycles. The molecule has 0 aliphatic carbocycles. The Kier molecular flexibility index (Phi) is 4.76. The summed E-state index contributed by atoms with van der Waals surface area (Å²) in [7, 11) is 0. The normalized spacial score (nSPS) is 17.1. The van der Waals surface area contributed by atoms with Gasteiger partial charge < -0.3 is 29.7 Å². The number of likely N-dealkylation sites (tertiary alicyclic amines) is 1. The molecule has 4 heteroatoms. The third-order valence-corrected chi connectivity index (χ3v) is 1.88. The van der Waals surface area contributed by atoms with Gasteiger partial charge in [-0.25, -0.2) is 0 Å². The van der Waals surface area contributed by atoms with Crippen molar-refractivity contribution in [2.24, 2.45) is 0 Å². The van der Waals surface area contributed by atoms with Gasteiger partial charge in [0, 0.05) is 13.1 Å². The topological polar surface area (TPSA) is 3.24 Å². The minimum Gasteiger partial charge on any atom is -0.411 e. The molecule has 0 unspecified atom stereocenters. The summed E-state index contributed by atoms with van der Waals surface area (Å²) in [5.41, 5.74) is 0. The summed E-state index contributed by atoms with van der Waals surface area (Å²) >= 11 is 9.59. The van der Waals surface area contributed by atoms with Gasteiger partial charge in [-0.2, -0.15) is 0 Å². The first kappa shape index (κ1) is 9.63. The maximum absolute atomic E-state index is 4.80. The third-order valence-electron chi connectivity index (χ3n) is 1.36. The van der Waals surface area contributed by atoms with Gasteiger partial charge in [0.05, 0.1) is 0 Å². The molecular formula is C5H8CuNS2. The predicted octanol–water partition coefficient (Wildman–Crippen LogP) is 0.911. The number of thiocarbonyl (C=S) groups is 1. The van der Waals surface area contributed by atoms with Crippen molar-refractivity contribution in [1.29, 1.82) is 0 Å². The van der Waals surface area contributed by atoms with Crippen molar-refractivity contribution in [3.8, 4) is 0 Å². The van der Waals surface area contributed by atoms with Gasteiger partial charge in [0.1, 0.15) is 0 Å². The van der Waals surface area contributed by atoms with Crippen LogP contribution in [-0.4, -0.2) is 22.3 Å². The van der Waals surface area contributed by atoms with E-state index in [9.17, 15) is 0 Å². The Balaban J connectivity index is 0.000000640. The second kappa shape index (κ2) is 4.45. The average molecular weight is 210 g/mol. The number of nitrogens with zero attached hydrogens (tertiary/aromatic N) is 1. The maximum atomic E-state index is 4.80. The first-order valence-corrected chi connectivity index (χ1v) is 3.58. The molecule has 1 nitrogen and oxygen atoms in total. The summed E-state index contributed by atoms with van der Waals surface area (Å²) in [6, 6.07) is 0. The van der Waals surface area contributed by atoms with Gasteiger partial charge in [-0.3, -0.25) is 0 Å². The van der Waals surface area contributed by atoms with Crippen LogP contribution >= 0.6 is 12.2 Å². The molecule has 1 saturated heterocycles. The molecule has 0 aromatic carbocycles. The molecule has 0 amide bonds. The molecule has 1 aliphatic rings. The smallest absolute Gasteiger partial charge is 0.411 e. The SMILES string of the molecule is S=C([S-])N1CCCC1.[Cu+]. The van der Waals surface area contributed by atoms with Gasteiger partial charge in [0.2, 0.25) is 0 Å². The first-order valence-electron chi connectivity index (χ1n) is 2.76. The van der Waals surface area contributed by atoms with E-state index in [1.165, 1.54) is 12.8 Å². The van der Waals surface area contributed by atoms with Gasteiger partial charge in [-0.15, -0.1) is 0 Å². The van der Waals surface area contributed by atoms with Crippen LogP contribution in [-0.2, 0) is 29.7 Å². The fraction of sp³-hybridized carbons (Fsp3) is 0.800. The summed E-state index contributed by atoms with van der Waals surface area (Å²) in [6.07, 6.45) is 2.52. The van der Waals surface area contributed by atoms with E-state index < -0.39 is 0 Å². The Morgan fingerprint density at radius 2 is 1.78 bits per heavy atom. The Bertz CT molecular complexity index is 101. The molecule has 9 heavy (non-hydrogen) atoms. The predicted molar refractivity (Wildman–Crippen MR) is 40.8 cm³/mol. The van der Waals surface area contributed by atoms with Gasteiger partial charge in [-0.05, 0) is 12.8 Å². The number of rotatable bonds is 0. The van der Waals surface area contributed by atoms with Crippen molar-refractivity contribution < 1.29 is 17.1 Å². The van der Waals surface area contributed by atoms with Crippen molar-refractivity contribution in [3.63, 3.8) is 0 Å². The molecule has 0 bridgehead atoms. The van der Waals surface area contributed by atoms with E-state index in [4.69, 9.17) is 24.8 Å². The molecular weight excluding hydrogens is 202 g/mol. The van der Waals surface area contributed by atoms with E-state index in [1.54, 1.807) is 0 Å². The largest absolute Gasteiger partial charge is 1.00 e. The molecule has 1 rings (SSSR count). The molecule has 0 spiro atoms. The quantitative estimate of drug-likeness (QED) is 0.332. The van der Waals surface area contributed by atoms with E-state index in [0.29, 0.717) is 4.32 Å². The fourth-order valence-electron chi connectivity index (χ4n) is 0.900. The average Bonchev–Trinajstić information content (AvgIpc) is 2.12. The van der Waals surface area contributed by atoms with Crippen LogP contribution < -0.4 is 0 Å². The van der Waals surface area contributed by atoms with Gasteiger partial charge in [0.15, 0.2) is 0 Å². The Hall–Kier alpha value is 0.629. The summed E-state index contributed by atoms with van der Waals surface area (Å²) < 4.78 is 0.641. The Labute approximate surface area is 77.1 Å². The second-order valence-corrected chi connectivity index (χ2v) is 2.99. The number of hydrogen-bond acceptors (Lipinski definition) is 2. The third kappa shape index (κ3) is 2.80. The zero-order valence-electron chi connectivity index (χ0n) is 4.89. The molecule has 0 radical (unpaired) electrons. The standard InChI is InChI=1S/C5H9NS2.Cu/c7-5(8)6-3-1-2-4-6;/h1-4H2,(H,7,8);/q;+1/p-1. The van der Waals surface area contributed by atoms with Crippen molar-refractivity contribution in [1.82, 2.24) is 4.90 Å². The van der Waals surface area contributed by atoms with Crippen LogP contribution in [0.2, 0.25) is 0 Å². The summed E-state index contributed by atoms with van der Waals surface area (Å²) in [5.74, 6) is 0. The van der Waals surface area contributed by atoms with E-state index in [0.717, 1.165) is 13.1 Å². The van der Waals surface area contributed by atoms with Crippen LogP contribution in [0.3, 0.4) is 0 Å². The second-order valence-electron chi connectivity index (χ2n) is 1.96. The minimum atomic E-state index is 0. The molecule has 0 aromatic rings. The van der Waals surface area contributed by atoms with Gasteiger partial charge in [-0.1, -0.05) is 4.32 Å². The molecule has 1 aliphatic heterocycles. The molecule has 0 N–H and O–H groups in total. The van der Waals surface area contributed by atoms with Gasteiger partial charge in [0.25, 0.3) is 0 Å².